The van der Waals surface area contributed by atoms with E-state index in [0.717, 1.165) is 6.92 Å². The molecule has 0 bridgehead atoms. The topological polar surface area (TPSA) is 49.4 Å². The van der Waals surface area contributed by atoms with E-state index in [9.17, 15) is 22.8 Å². The van der Waals surface area contributed by atoms with Gasteiger partial charge in [0.05, 0.1) is 5.92 Å². The predicted octanol–water partition coefficient (Wildman–Crippen LogP) is 3.10. The molecule has 24 heavy (non-hydrogen) atoms. The van der Waals surface area contributed by atoms with Crippen molar-refractivity contribution < 1.29 is 22.8 Å². The number of hydrogen-bond acceptors (Lipinski definition) is 2. The van der Waals surface area contributed by atoms with E-state index in [1.165, 1.54) is 23.1 Å². The van der Waals surface area contributed by atoms with Gasteiger partial charge in [0, 0.05) is 17.8 Å². The fourth-order valence-corrected chi connectivity index (χ4v) is 3.27. The SMILES string of the molecule is C=C1CCC(N2Cc3c(cccc3[C@@H](C)C(F)(F)F)C2=O)C(=O)N1. The second kappa shape index (κ2) is 5.65. The van der Waals surface area contributed by atoms with Gasteiger partial charge in [-0.1, -0.05) is 18.7 Å². The van der Waals surface area contributed by atoms with Gasteiger partial charge in [0.2, 0.25) is 5.91 Å². The van der Waals surface area contributed by atoms with E-state index in [1.54, 1.807) is 0 Å². The van der Waals surface area contributed by atoms with Gasteiger partial charge in [0.25, 0.3) is 5.91 Å². The van der Waals surface area contributed by atoms with Crippen molar-refractivity contribution >= 4 is 11.8 Å². The number of nitrogens with zero attached hydrogens (tertiary/aromatic N) is 1. The quantitative estimate of drug-likeness (QED) is 0.901. The summed E-state index contributed by atoms with van der Waals surface area (Å²) in [6.45, 7) is 4.79. The van der Waals surface area contributed by atoms with Gasteiger partial charge in [-0.25, -0.2) is 0 Å². The highest BCUT2D eigenvalue weighted by atomic mass is 19.4. The molecule has 128 valence electrons. The van der Waals surface area contributed by atoms with Crippen molar-refractivity contribution in [2.45, 2.75) is 44.4 Å². The Morgan fingerprint density at radius 3 is 2.67 bits per heavy atom. The minimum absolute atomic E-state index is 0.0231. The number of allylic oxidation sites excluding steroid dienone is 1. The van der Waals surface area contributed by atoms with E-state index >= 15 is 0 Å². The van der Waals surface area contributed by atoms with Gasteiger partial charge in [0.1, 0.15) is 6.04 Å². The minimum Gasteiger partial charge on any atom is -0.329 e. The van der Waals surface area contributed by atoms with Crippen LogP contribution in [0.1, 0.15) is 47.2 Å². The highest BCUT2D eigenvalue weighted by Crippen LogP contribution is 2.39. The van der Waals surface area contributed by atoms with Crippen LogP contribution < -0.4 is 5.32 Å². The summed E-state index contributed by atoms with van der Waals surface area (Å²) < 4.78 is 39.3. The zero-order valence-electron chi connectivity index (χ0n) is 13.1. The first-order chi connectivity index (χ1) is 11.2. The summed E-state index contributed by atoms with van der Waals surface area (Å²) in [7, 11) is 0. The van der Waals surface area contributed by atoms with Crippen LogP contribution in [-0.4, -0.2) is 28.9 Å². The normalized spacial score (nSPS) is 22.4. The predicted molar refractivity (Wildman–Crippen MR) is 81.1 cm³/mol. The summed E-state index contributed by atoms with van der Waals surface area (Å²) in [4.78, 5) is 26.1. The number of amides is 2. The van der Waals surface area contributed by atoms with Crippen molar-refractivity contribution in [3.05, 3.63) is 47.2 Å². The molecule has 4 nitrogen and oxygen atoms in total. The van der Waals surface area contributed by atoms with E-state index in [4.69, 9.17) is 0 Å². The molecule has 1 aromatic carbocycles. The molecule has 1 unspecified atom stereocenters. The van der Waals surface area contributed by atoms with Crippen LogP contribution in [0.3, 0.4) is 0 Å². The smallest absolute Gasteiger partial charge is 0.329 e. The molecule has 1 saturated heterocycles. The molecule has 1 aromatic rings. The largest absolute Gasteiger partial charge is 0.395 e. The third-order valence-corrected chi connectivity index (χ3v) is 4.69. The van der Waals surface area contributed by atoms with Crippen molar-refractivity contribution in [2.75, 3.05) is 0 Å². The molecular formula is C17H17F3N2O2. The standard InChI is InChI=1S/C17H17F3N2O2/c1-9-6-7-14(15(23)21-9)22-8-13-11(10(2)17(18,19)20)4-3-5-12(13)16(22)24/h3-5,10,14H,1,6-8H2,2H3,(H,21,23)/t10-,14?/m1/s1. The molecule has 2 atom stereocenters. The molecule has 0 saturated carbocycles. The number of carbonyl (C=O) groups is 2. The maximum absolute atomic E-state index is 13.1. The molecule has 2 amide bonds. The molecule has 1 fully saturated rings. The lowest BCUT2D eigenvalue weighted by Crippen LogP contribution is -2.49. The first kappa shape index (κ1) is 16.5. The second-order valence-electron chi connectivity index (χ2n) is 6.22. The number of piperidine rings is 1. The first-order valence-electron chi connectivity index (χ1n) is 7.68. The molecule has 0 aliphatic carbocycles. The number of benzene rings is 1. The van der Waals surface area contributed by atoms with Crippen molar-refractivity contribution in [2.24, 2.45) is 0 Å². The Labute approximate surface area is 137 Å². The fraction of sp³-hybridized carbons (Fsp3) is 0.412. The molecule has 0 spiro atoms. The van der Waals surface area contributed by atoms with Gasteiger partial charge < -0.3 is 10.2 Å². The molecule has 1 N–H and O–H groups in total. The summed E-state index contributed by atoms with van der Waals surface area (Å²) in [5, 5.41) is 2.61. The lowest BCUT2D eigenvalue weighted by Gasteiger charge is -2.31. The van der Waals surface area contributed by atoms with Crippen molar-refractivity contribution in [3.8, 4) is 0 Å². The lowest BCUT2D eigenvalue weighted by atomic mass is 9.93. The minimum atomic E-state index is -4.38. The number of alkyl halides is 3. The molecule has 2 aliphatic heterocycles. The monoisotopic (exact) mass is 338 g/mol. The maximum atomic E-state index is 13.1. The molecule has 0 aromatic heterocycles. The Hall–Kier alpha value is -2.31. The van der Waals surface area contributed by atoms with Crippen LogP contribution in [0.5, 0.6) is 0 Å². The highest BCUT2D eigenvalue weighted by molar-refractivity contribution is 6.01. The Kier molecular flexibility index (Phi) is 3.89. The molecule has 3 rings (SSSR count). The molecular weight excluding hydrogens is 321 g/mol. The van der Waals surface area contributed by atoms with Gasteiger partial charge in [-0.05, 0) is 37.0 Å². The molecule has 2 aliphatic rings. The number of fused-ring (bicyclic) bond motifs is 1. The Bertz CT molecular complexity index is 727. The third-order valence-electron chi connectivity index (χ3n) is 4.69. The van der Waals surface area contributed by atoms with Crippen molar-refractivity contribution in [1.82, 2.24) is 10.2 Å². The van der Waals surface area contributed by atoms with Crippen LogP contribution in [0.4, 0.5) is 13.2 Å². The third kappa shape index (κ3) is 2.68. The van der Waals surface area contributed by atoms with Crippen LogP contribution in [0.25, 0.3) is 0 Å². The van der Waals surface area contributed by atoms with Crippen molar-refractivity contribution in [1.29, 1.82) is 0 Å². The van der Waals surface area contributed by atoms with Gasteiger partial charge in [-0.3, -0.25) is 9.59 Å². The average Bonchev–Trinajstić information content (AvgIpc) is 2.83. The summed E-state index contributed by atoms with van der Waals surface area (Å²) >= 11 is 0. The summed E-state index contributed by atoms with van der Waals surface area (Å²) in [6.07, 6.45) is -3.41. The Balaban J connectivity index is 1.93. The van der Waals surface area contributed by atoms with Gasteiger partial charge in [0.15, 0.2) is 0 Å². The van der Waals surface area contributed by atoms with Crippen LogP contribution >= 0.6 is 0 Å². The molecule has 2 heterocycles. The van der Waals surface area contributed by atoms with E-state index in [1.807, 2.05) is 0 Å². The van der Waals surface area contributed by atoms with Gasteiger partial charge in [-0.2, -0.15) is 13.2 Å². The van der Waals surface area contributed by atoms with Gasteiger partial charge >= 0.3 is 6.18 Å². The molecule has 0 radical (unpaired) electrons. The second-order valence-corrected chi connectivity index (χ2v) is 6.22. The van der Waals surface area contributed by atoms with Crippen LogP contribution in [0.2, 0.25) is 0 Å². The average molecular weight is 338 g/mol. The number of hydrogen-bond donors (Lipinski definition) is 1. The summed E-state index contributed by atoms with van der Waals surface area (Å²) in [5.74, 6) is -2.40. The van der Waals surface area contributed by atoms with Crippen LogP contribution in [-0.2, 0) is 11.3 Å². The highest BCUT2D eigenvalue weighted by Gasteiger charge is 2.43. The summed E-state index contributed by atoms with van der Waals surface area (Å²) in [5.41, 5.74) is 1.30. The lowest BCUT2D eigenvalue weighted by molar-refractivity contribution is -0.146. The van der Waals surface area contributed by atoms with Crippen molar-refractivity contribution in [3.63, 3.8) is 0 Å². The number of rotatable bonds is 2. The van der Waals surface area contributed by atoms with Crippen LogP contribution in [0.15, 0.2) is 30.5 Å². The molecule has 7 heteroatoms. The number of halogens is 3. The van der Waals surface area contributed by atoms with E-state index < -0.39 is 24.0 Å². The van der Waals surface area contributed by atoms with E-state index in [0.29, 0.717) is 24.1 Å². The fourth-order valence-electron chi connectivity index (χ4n) is 3.27. The zero-order chi connectivity index (χ0) is 17.6. The van der Waals surface area contributed by atoms with E-state index in [2.05, 4.69) is 11.9 Å². The summed E-state index contributed by atoms with van der Waals surface area (Å²) in [6, 6.07) is 3.70. The Morgan fingerprint density at radius 2 is 2.04 bits per heavy atom. The number of carbonyl (C=O) groups excluding carboxylic acids is 2. The Morgan fingerprint density at radius 1 is 1.33 bits per heavy atom. The zero-order valence-corrected chi connectivity index (χ0v) is 13.1. The van der Waals surface area contributed by atoms with Gasteiger partial charge in [-0.15, -0.1) is 0 Å². The first-order valence-corrected chi connectivity index (χ1v) is 7.68. The number of nitrogens with one attached hydrogen (secondary N) is 1. The van der Waals surface area contributed by atoms with E-state index in [-0.39, 0.29) is 23.6 Å². The maximum Gasteiger partial charge on any atom is 0.395 e. The van der Waals surface area contributed by atoms with Crippen LogP contribution in [0, 0.1) is 0 Å².